The second kappa shape index (κ2) is 14.0. The summed E-state index contributed by atoms with van der Waals surface area (Å²) >= 11 is 1.88. The van der Waals surface area contributed by atoms with Crippen LogP contribution in [0, 0.1) is 13.8 Å². The van der Waals surface area contributed by atoms with Crippen molar-refractivity contribution in [2.75, 3.05) is 49.4 Å². The van der Waals surface area contributed by atoms with Gasteiger partial charge in [-0.3, -0.25) is 0 Å². The summed E-state index contributed by atoms with van der Waals surface area (Å²) in [5.74, 6) is 5.02. The van der Waals surface area contributed by atoms with Gasteiger partial charge >= 0.3 is 0 Å². The third-order valence-electron chi connectivity index (χ3n) is 12.8. The Labute approximate surface area is 357 Å². The van der Waals surface area contributed by atoms with Crippen LogP contribution in [0.3, 0.4) is 0 Å². The zero-order valence-electron chi connectivity index (χ0n) is 35.6. The molecule has 306 valence electrons. The molecule has 0 fully saturated rings. The average Bonchev–Trinajstić information content (AvgIpc) is 3.48. The molecule has 0 N–H and O–H groups in total. The Morgan fingerprint density at radius 2 is 1.25 bits per heavy atom. The highest BCUT2D eigenvalue weighted by atomic mass is 32.1. The molecule has 11 rings (SSSR count). The molecule has 0 spiro atoms. The molecular weight excluding hydrogens is 767 g/mol. The van der Waals surface area contributed by atoms with E-state index >= 15 is 0 Å². The van der Waals surface area contributed by atoms with Gasteiger partial charge in [-0.2, -0.15) is 0 Å². The van der Waals surface area contributed by atoms with Crippen LogP contribution >= 0.6 is 11.3 Å². The normalized spacial score (nSPS) is 16.5. The van der Waals surface area contributed by atoms with Gasteiger partial charge < -0.3 is 38.2 Å². The first-order chi connectivity index (χ1) is 29.0. The Kier molecular flexibility index (Phi) is 8.78. The van der Waals surface area contributed by atoms with Crippen molar-refractivity contribution in [2.45, 2.75) is 79.1 Å². The van der Waals surface area contributed by atoms with Gasteiger partial charge in [0.1, 0.15) is 0 Å². The number of benzene rings is 5. The number of fused-ring (bicyclic) bond motifs is 9. The first-order valence-electron chi connectivity index (χ1n) is 21.6. The Morgan fingerprint density at radius 1 is 0.617 bits per heavy atom. The summed E-state index contributed by atoms with van der Waals surface area (Å²) in [4.78, 5) is 5.00. The van der Waals surface area contributed by atoms with Crippen molar-refractivity contribution in [1.29, 1.82) is 0 Å². The molecule has 0 saturated carbocycles. The lowest BCUT2D eigenvalue weighted by Crippen LogP contribution is -2.61. The number of ether oxygens (including phenoxy) is 6. The lowest BCUT2D eigenvalue weighted by atomic mass is 9.33. The van der Waals surface area contributed by atoms with Crippen molar-refractivity contribution < 1.29 is 28.4 Å². The zero-order chi connectivity index (χ0) is 41.0. The number of nitrogens with zero attached hydrogens (tertiary/aromatic N) is 2. The molecule has 0 radical (unpaired) electrons. The highest BCUT2D eigenvalue weighted by Gasteiger charge is 2.47. The van der Waals surface area contributed by atoms with Crippen LogP contribution in [0.5, 0.6) is 34.5 Å². The molecule has 8 nitrogen and oxygen atoms in total. The van der Waals surface area contributed by atoms with E-state index in [2.05, 4.69) is 125 Å². The predicted octanol–water partition coefficient (Wildman–Crippen LogP) is 10.5. The van der Waals surface area contributed by atoms with E-state index in [1.54, 1.807) is 0 Å². The molecule has 6 aromatic rings. The predicted molar refractivity (Wildman–Crippen MR) is 245 cm³/mol. The van der Waals surface area contributed by atoms with Crippen molar-refractivity contribution in [3.63, 3.8) is 0 Å². The Hall–Kier alpha value is -5.48. The molecular formula is C50H51BN2O6S. The summed E-state index contributed by atoms with van der Waals surface area (Å²) in [7, 11) is 0. The molecule has 5 aliphatic heterocycles. The van der Waals surface area contributed by atoms with Crippen LogP contribution in [0.25, 0.3) is 10.1 Å². The van der Waals surface area contributed by atoms with Crippen molar-refractivity contribution in [2.24, 2.45) is 0 Å². The van der Waals surface area contributed by atoms with Crippen LogP contribution in [0.1, 0.15) is 82.1 Å². The van der Waals surface area contributed by atoms with Gasteiger partial charge in [0, 0.05) is 58.7 Å². The van der Waals surface area contributed by atoms with Crippen molar-refractivity contribution in [1.82, 2.24) is 0 Å². The minimum absolute atomic E-state index is 0.0327. The summed E-state index contributed by atoms with van der Waals surface area (Å²) in [6.07, 6.45) is 2.52. The van der Waals surface area contributed by atoms with Crippen LogP contribution in [0.4, 0.5) is 33.4 Å². The van der Waals surface area contributed by atoms with E-state index in [1.807, 2.05) is 11.3 Å². The van der Waals surface area contributed by atoms with Gasteiger partial charge in [-0.1, -0.05) is 46.8 Å². The second-order valence-corrected chi connectivity index (χ2v) is 19.2. The fraction of sp³-hybridized carbons (Fsp3) is 0.360. The van der Waals surface area contributed by atoms with Gasteiger partial charge in [0.25, 0.3) is 6.71 Å². The van der Waals surface area contributed by atoms with Crippen molar-refractivity contribution in [3.8, 4) is 34.5 Å². The first kappa shape index (κ1) is 37.5. The second-order valence-electron chi connectivity index (χ2n) is 18.1. The van der Waals surface area contributed by atoms with Gasteiger partial charge in [0.05, 0.1) is 56.0 Å². The van der Waals surface area contributed by atoms with Gasteiger partial charge in [-0.15, -0.1) is 11.3 Å². The highest BCUT2D eigenvalue weighted by Crippen LogP contribution is 2.53. The number of hydrogen-bond acceptors (Lipinski definition) is 9. The summed E-state index contributed by atoms with van der Waals surface area (Å²) < 4.78 is 39.6. The summed E-state index contributed by atoms with van der Waals surface area (Å²) in [5, 5.41) is 2.51. The minimum Gasteiger partial charge on any atom is -0.490 e. The molecule has 60 heavy (non-hydrogen) atoms. The molecule has 0 saturated heterocycles. The maximum Gasteiger partial charge on any atom is 0.254 e. The molecule has 0 atom stereocenters. The average molecular weight is 819 g/mol. The molecule has 1 aromatic heterocycles. The third kappa shape index (κ3) is 5.84. The summed E-state index contributed by atoms with van der Waals surface area (Å²) in [6, 6.07) is 25.1. The smallest absolute Gasteiger partial charge is 0.254 e. The minimum atomic E-state index is -0.101. The molecule has 5 aliphatic rings. The van der Waals surface area contributed by atoms with Gasteiger partial charge in [0.2, 0.25) is 0 Å². The summed E-state index contributed by atoms with van der Waals surface area (Å²) in [5.41, 5.74) is 14.1. The lowest BCUT2D eigenvalue weighted by molar-refractivity contribution is 0.296. The zero-order valence-corrected chi connectivity index (χ0v) is 36.4. The standard InChI is InChI=1S/C50H51BN2O6S/c1-28(2)31-22-37-46-38(23-31)53(47-29(3)21-43-48(30(47)4)59-20-10-19-58-43)49-45(34-24-32(50(5,6)7)11-14-44(34)60-49)51(46)35-26-41-42(57-18-9-17-56-41)27-36(35)52(37)33-12-13-39-40(25-33)55-16-8-15-54-39/h11-14,21-28H,8-10,15-20H2,1-7H3. The van der Waals surface area contributed by atoms with Crippen LogP contribution in [-0.4, -0.2) is 46.4 Å². The van der Waals surface area contributed by atoms with E-state index in [0.717, 1.165) is 87.6 Å². The van der Waals surface area contributed by atoms with E-state index in [9.17, 15) is 0 Å². The number of hydrogen-bond donors (Lipinski definition) is 0. The van der Waals surface area contributed by atoms with E-state index in [4.69, 9.17) is 28.4 Å². The molecule has 6 heterocycles. The van der Waals surface area contributed by atoms with Crippen LogP contribution in [-0.2, 0) is 5.41 Å². The molecule has 5 aromatic carbocycles. The molecule has 0 bridgehead atoms. The van der Waals surface area contributed by atoms with Gasteiger partial charge in [-0.05, 0) is 106 Å². The monoisotopic (exact) mass is 818 g/mol. The number of aryl methyl sites for hydroxylation is 1. The van der Waals surface area contributed by atoms with Gasteiger partial charge in [0.15, 0.2) is 34.5 Å². The lowest BCUT2D eigenvalue weighted by Gasteiger charge is -2.44. The molecule has 0 amide bonds. The highest BCUT2D eigenvalue weighted by molar-refractivity contribution is 7.26. The number of rotatable bonds is 3. The third-order valence-corrected chi connectivity index (χ3v) is 13.9. The molecule has 10 heteroatoms. The number of thiophene rings is 1. The number of anilines is 6. The topological polar surface area (TPSA) is 61.9 Å². The molecule has 0 aliphatic carbocycles. The maximum atomic E-state index is 6.53. The van der Waals surface area contributed by atoms with E-state index < -0.39 is 0 Å². The van der Waals surface area contributed by atoms with Crippen LogP contribution < -0.4 is 54.6 Å². The molecule has 0 unspecified atom stereocenters. The Bertz CT molecular complexity index is 2740. The Balaban J connectivity index is 1.27. The largest absolute Gasteiger partial charge is 0.490 e. The Morgan fingerprint density at radius 3 is 1.95 bits per heavy atom. The van der Waals surface area contributed by atoms with E-state index in [0.29, 0.717) is 39.6 Å². The quantitative estimate of drug-likeness (QED) is 0.163. The van der Waals surface area contributed by atoms with Gasteiger partial charge in [-0.25, -0.2) is 0 Å². The summed E-state index contributed by atoms with van der Waals surface area (Å²) in [6.45, 7) is 19.6. The van der Waals surface area contributed by atoms with Crippen LogP contribution in [0.15, 0.2) is 66.7 Å². The fourth-order valence-corrected chi connectivity index (χ4v) is 11.0. The van der Waals surface area contributed by atoms with Crippen LogP contribution in [0.2, 0.25) is 0 Å². The van der Waals surface area contributed by atoms with E-state index in [-0.39, 0.29) is 18.0 Å². The first-order valence-corrected chi connectivity index (χ1v) is 22.4. The van der Waals surface area contributed by atoms with E-state index in [1.165, 1.54) is 48.3 Å². The van der Waals surface area contributed by atoms with Crippen molar-refractivity contribution >= 4 is 78.0 Å². The fourth-order valence-electron chi connectivity index (χ4n) is 9.75. The SMILES string of the molecule is Cc1cc2c(c(C)c1N1c3cc(C(C)C)cc4c3B(c3cc5c(cc3N4c3ccc4c(c3)OCCCO4)OCCCO5)c3c1sc1ccc(C(C)(C)C)cc31)OCCCO2. The maximum absolute atomic E-state index is 6.53. The van der Waals surface area contributed by atoms with Crippen molar-refractivity contribution in [3.05, 3.63) is 89.0 Å².